The lowest BCUT2D eigenvalue weighted by Gasteiger charge is -2.17. The first-order chi connectivity index (χ1) is 15.0. The molecule has 2 aromatic carbocycles. The first kappa shape index (κ1) is 21.5. The number of benzene rings is 2. The third-order valence-corrected chi connectivity index (χ3v) is 5.76. The quantitative estimate of drug-likeness (QED) is 0.579. The number of amides is 1. The molecule has 8 heteroatoms. The van der Waals surface area contributed by atoms with Crippen LogP contribution in [0.4, 0.5) is 4.39 Å². The van der Waals surface area contributed by atoms with Gasteiger partial charge in [0.15, 0.2) is 5.69 Å². The summed E-state index contributed by atoms with van der Waals surface area (Å²) >= 11 is 6.03. The van der Waals surface area contributed by atoms with Crippen LogP contribution in [0.3, 0.4) is 0 Å². The Hall–Kier alpha value is -2.74. The van der Waals surface area contributed by atoms with Gasteiger partial charge >= 0.3 is 0 Å². The Morgan fingerprint density at radius 3 is 2.81 bits per heavy atom. The van der Waals surface area contributed by atoms with E-state index in [9.17, 15) is 9.18 Å². The second kappa shape index (κ2) is 9.60. The van der Waals surface area contributed by atoms with Crippen molar-refractivity contribution in [2.24, 2.45) is 0 Å². The van der Waals surface area contributed by atoms with E-state index in [4.69, 9.17) is 11.6 Å². The van der Waals surface area contributed by atoms with Gasteiger partial charge in [0.1, 0.15) is 5.82 Å². The summed E-state index contributed by atoms with van der Waals surface area (Å²) in [5.74, 6) is -0.334. The second-order valence-corrected chi connectivity index (χ2v) is 8.26. The first-order valence-corrected chi connectivity index (χ1v) is 10.7. The van der Waals surface area contributed by atoms with Crippen molar-refractivity contribution in [3.8, 4) is 5.69 Å². The molecule has 1 aromatic heterocycles. The van der Waals surface area contributed by atoms with Crippen LogP contribution in [0.15, 0.2) is 60.8 Å². The summed E-state index contributed by atoms with van der Waals surface area (Å²) in [6.45, 7) is 0.641. The number of hydrogen-bond donors (Lipinski definition) is 2. The number of hydrogen-bond acceptors (Lipinski definition) is 4. The Morgan fingerprint density at radius 1 is 1.23 bits per heavy atom. The zero-order valence-corrected chi connectivity index (χ0v) is 18.0. The van der Waals surface area contributed by atoms with Crippen LogP contribution in [0, 0.1) is 5.82 Å². The lowest BCUT2D eigenvalue weighted by Crippen LogP contribution is -2.32. The first-order valence-electron chi connectivity index (χ1n) is 10.3. The van der Waals surface area contributed by atoms with Gasteiger partial charge < -0.3 is 4.90 Å². The summed E-state index contributed by atoms with van der Waals surface area (Å²) in [5.41, 5.74) is 8.86. The van der Waals surface area contributed by atoms with Crippen molar-refractivity contribution < 1.29 is 9.18 Å². The van der Waals surface area contributed by atoms with Crippen LogP contribution in [0.2, 0.25) is 5.02 Å². The second-order valence-electron chi connectivity index (χ2n) is 7.82. The maximum atomic E-state index is 13.1. The minimum atomic E-state index is -0.226. The third kappa shape index (κ3) is 5.31. The summed E-state index contributed by atoms with van der Waals surface area (Å²) < 4.78 is 14.8. The SMILES string of the molecule is CN(CCCC1CC(c2ccc(F)cc2)NN1)C(=O)c1ccn(-c2cccc(Cl)c2)n1. The Morgan fingerprint density at radius 2 is 2.03 bits per heavy atom. The fourth-order valence-corrected chi connectivity index (χ4v) is 3.98. The molecule has 1 fully saturated rings. The number of carbonyl (C=O) groups excluding carboxylic acids is 1. The molecule has 1 aliphatic heterocycles. The lowest BCUT2D eigenvalue weighted by atomic mass is 9.99. The van der Waals surface area contributed by atoms with Gasteiger partial charge in [0.25, 0.3) is 5.91 Å². The Kier molecular flexibility index (Phi) is 6.65. The zero-order valence-electron chi connectivity index (χ0n) is 17.3. The van der Waals surface area contributed by atoms with Crippen LogP contribution in [-0.2, 0) is 0 Å². The van der Waals surface area contributed by atoms with Crippen LogP contribution in [0.25, 0.3) is 5.69 Å². The van der Waals surface area contributed by atoms with Crippen LogP contribution in [0.5, 0.6) is 0 Å². The monoisotopic (exact) mass is 441 g/mol. The van der Waals surface area contributed by atoms with Crippen LogP contribution in [-0.4, -0.2) is 40.2 Å². The van der Waals surface area contributed by atoms with Crippen LogP contribution >= 0.6 is 11.6 Å². The van der Waals surface area contributed by atoms with Gasteiger partial charge in [-0.1, -0.05) is 29.8 Å². The van der Waals surface area contributed by atoms with Crippen LogP contribution < -0.4 is 10.9 Å². The van der Waals surface area contributed by atoms with E-state index in [0.717, 1.165) is 30.5 Å². The minimum Gasteiger partial charge on any atom is -0.340 e. The number of rotatable bonds is 7. The largest absolute Gasteiger partial charge is 0.340 e. The van der Waals surface area contributed by atoms with Gasteiger partial charge in [-0.05, 0) is 61.2 Å². The lowest BCUT2D eigenvalue weighted by molar-refractivity contribution is 0.0785. The van der Waals surface area contributed by atoms with E-state index in [-0.39, 0.29) is 17.8 Å². The number of halogens is 2. The molecule has 2 atom stereocenters. The van der Waals surface area contributed by atoms with Gasteiger partial charge in [-0.15, -0.1) is 0 Å². The average Bonchev–Trinajstić information content (AvgIpc) is 3.44. The minimum absolute atomic E-state index is 0.109. The molecule has 1 amide bonds. The molecule has 0 radical (unpaired) electrons. The Bertz CT molecular complexity index is 1040. The molecule has 0 bridgehead atoms. The summed E-state index contributed by atoms with van der Waals surface area (Å²) in [4.78, 5) is 14.4. The standard InChI is InChI=1S/C23H25ClFN5O/c1-29(23(31)21-11-13-30(28-21)20-6-2-4-17(24)14-20)12-3-5-19-15-22(27-26-19)16-7-9-18(25)10-8-16/h2,4,6-11,13-14,19,22,26-27H,3,5,12,15H2,1H3. The van der Waals surface area contributed by atoms with Crippen molar-refractivity contribution in [1.29, 1.82) is 0 Å². The molecule has 0 aliphatic carbocycles. The topological polar surface area (TPSA) is 62.2 Å². The van der Waals surface area contributed by atoms with Crippen molar-refractivity contribution in [3.63, 3.8) is 0 Å². The molecule has 2 heterocycles. The summed E-state index contributed by atoms with van der Waals surface area (Å²) in [5, 5.41) is 5.02. The highest BCUT2D eigenvalue weighted by atomic mass is 35.5. The average molecular weight is 442 g/mol. The predicted octanol–water partition coefficient (Wildman–Crippen LogP) is 4.12. The number of carbonyl (C=O) groups is 1. The van der Waals surface area contributed by atoms with E-state index in [1.165, 1.54) is 12.1 Å². The van der Waals surface area contributed by atoms with Gasteiger partial charge in [0, 0.05) is 36.9 Å². The number of nitrogens with one attached hydrogen (secondary N) is 2. The maximum absolute atomic E-state index is 13.1. The van der Waals surface area contributed by atoms with Crippen molar-refractivity contribution in [1.82, 2.24) is 25.5 Å². The predicted molar refractivity (Wildman–Crippen MR) is 119 cm³/mol. The highest BCUT2D eigenvalue weighted by Crippen LogP contribution is 2.24. The van der Waals surface area contributed by atoms with Gasteiger partial charge in [-0.3, -0.25) is 15.6 Å². The van der Waals surface area contributed by atoms with Gasteiger partial charge in [0.05, 0.1) is 5.69 Å². The highest BCUT2D eigenvalue weighted by molar-refractivity contribution is 6.30. The Balaban J connectivity index is 1.25. The van der Waals surface area contributed by atoms with Crippen LogP contribution in [0.1, 0.15) is 41.4 Å². The van der Waals surface area contributed by atoms with E-state index < -0.39 is 0 Å². The molecular formula is C23H25ClFN5O. The van der Waals surface area contributed by atoms with Gasteiger partial charge in [0.2, 0.25) is 0 Å². The number of aromatic nitrogens is 2. The molecule has 1 aliphatic rings. The molecule has 4 rings (SSSR count). The number of nitrogens with zero attached hydrogens (tertiary/aromatic N) is 3. The normalized spacial score (nSPS) is 18.3. The van der Waals surface area contributed by atoms with Crippen molar-refractivity contribution in [3.05, 3.63) is 82.9 Å². The van der Waals surface area contributed by atoms with Gasteiger partial charge in [-0.2, -0.15) is 5.10 Å². The molecule has 162 valence electrons. The number of hydrazine groups is 1. The summed E-state index contributed by atoms with van der Waals surface area (Å²) in [6.07, 6.45) is 4.48. The zero-order chi connectivity index (χ0) is 21.8. The van der Waals surface area contributed by atoms with E-state index in [0.29, 0.717) is 23.3 Å². The molecule has 3 aromatic rings. The molecule has 0 saturated carbocycles. The van der Waals surface area contributed by atoms with Crippen molar-refractivity contribution >= 4 is 17.5 Å². The fraction of sp³-hybridized carbons (Fsp3) is 0.304. The van der Waals surface area contributed by atoms with E-state index in [2.05, 4.69) is 16.0 Å². The molecule has 0 spiro atoms. The maximum Gasteiger partial charge on any atom is 0.274 e. The Labute approximate surface area is 186 Å². The van der Waals surface area contributed by atoms with Gasteiger partial charge in [-0.25, -0.2) is 9.07 Å². The summed E-state index contributed by atoms with van der Waals surface area (Å²) in [6, 6.07) is 16.1. The molecule has 6 nitrogen and oxygen atoms in total. The van der Waals surface area contributed by atoms with Crippen molar-refractivity contribution in [2.75, 3.05) is 13.6 Å². The molecule has 2 unspecified atom stereocenters. The molecule has 31 heavy (non-hydrogen) atoms. The third-order valence-electron chi connectivity index (χ3n) is 5.53. The van der Waals surface area contributed by atoms with Crippen molar-refractivity contribution in [2.45, 2.75) is 31.3 Å². The molecular weight excluding hydrogens is 417 g/mol. The van der Waals surface area contributed by atoms with E-state index in [1.54, 1.807) is 41.0 Å². The smallest absolute Gasteiger partial charge is 0.274 e. The summed E-state index contributed by atoms with van der Waals surface area (Å²) in [7, 11) is 1.79. The fourth-order valence-electron chi connectivity index (χ4n) is 3.80. The molecule has 1 saturated heterocycles. The highest BCUT2D eigenvalue weighted by Gasteiger charge is 2.25. The van der Waals surface area contributed by atoms with E-state index >= 15 is 0 Å². The molecule has 2 N–H and O–H groups in total. The van der Waals surface area contributed by atoms with E-state index in [1.807, 2.05) is 24.3 Å².